The van der Waals surface area contributed by atoms with E-state index in [-0.39, 0.29) is 17.6 Å². The smallest absolute Gasteiger partial charge is 0.227 e. The SMILES string of the molecule is COC1=NC2(C)C(C=C1C#N)C1C=COC12. The molecule has 2 aliphatic heterocycles. The van der Waals surface area contributed by atoms with Crippen LogP contribution in [0.4, 0.5) is 0 Å². The third-order valence-electron chi connectivity index (χ3n) is 3.77. The maximum Gasteiger partial charge on any atom is 0.227 e. The van der Waals surface area contributed by atoms with Crippen molar-refractivity contribution < 1.29 is 9.47 Å². The van der Waals surface area contributed by atoms with Gasteiger partial charge < -0.3 is 9.47 Å². The standard InChI is InChI=1S/C12H12N2O2/c1-12-9(8-3-4-16-10(8)12)5-7(6-13)11(14-12)15-2/h3-5,8-10H,1-2H3. The van der Waals surface area contributed by atoms with Crippen molar-refractivity contribution in [2.24, 2.45) is 16.8 Å². The topological polar surface area (TPSA) is 54.6 Å². The Bertz CT molecular complexity index is 472. The molecule has 0 aromatic heterocycles. The lowest BCUT2D eigenvalue weighted by Crippen LogP contribution is -2.63. The highest BCUT2D eigenvalue weighted by Crippen LogP contribution is 2.54. The highest BCUT2D eigenvalue weighted by molar-refractivity contribution is 5.98. The molecule has 0 aromatic rings. The number of hydrogen-bond acceptors (Lipinski definition) is 4. The lowest BCUT2D eigenvalue weighted by atomic mass is 9.57. The fraction of sp³-hybridized carbons (Fsp3) is 0.500. The second-order valence-corrected chi connectivity index (χ2v) is 4.53. The zero-order valence-electron chi connectivity index (χ0n) is 9.18. The Labute approximate surface area is 93.9 Å². The Balaban J connectivity index is 2.02. The second-order valence-electron chi connectivity index (χ2n) is 4.53. The number of fused-ring (bicyclic) bond motifs is 4. The van der Waals surface area contributed by atoms with Gasteiger partial charge in [-0.1, -0.05) is 6.08 Å². The fourth-order valence-corrected chi connectivity index (χ4v) is 2.90. The van der Waals surface area contributed by atoms with Crippen LogP contribution in [0, 0.1) is 23.2 Å². The summed E-state index contributed by atoms with van der Waals surface area (Å²) in [5, 5.41) is 9.02. The van der Waals surface area contributed by atoms with Crippen molar-refractivity contribution in [2.75, 3.05) is 7.11 Å². The van der Waals surface area contributed by atoms with Crippen LogP contribution in [0.25, 0.3) is 0 Å². The molecule has 82 valence electrons. The first-order valence-corrected chi connectivity index (χ1v) is 5.29. The first-order chi connectivity index (χ1) is 7.70. The van der Waals surface area contributed by atoms with Gasteiger partial charge in [-0.3, -0.25) is 0 Å². The van der Waals surface area contributed by atoms with E-state index in [0.717, 1.165) is 0 Å². The lowest BCUT2D eigenvalue weighted by molar-refractivity contribution is -0.0565. The van der Waals surface area contributed by atoms with E-state index in [9.17, 15) is 0 Å². The zero-order valence-corrected chi connectivity index (χ0v) is 9.18. The molecule has 4 atom stereocenters. The van der Waals surface area contributed by atoms with Crippen LogP contribution < -0.4 is 0 Å². The summed E-state index contributed by atoms with van der Waals surface area (Å²) < 4.78 is 10.7. The molecule has 3 aliphatic rings. The quantitative estimate of drug-likeness (QED) is 0.615. The van der Waals surface area contributed by atoms with Crippen molar-refractivity contribution in [1.29, 1.82) is 5.26 Å². The number of methoxy groups -OCH3 is 1. The summed E-state index contributed by atoms with van der Waals surface area (Å²) in [6, 6.07) is 2.13. The Morgan fingerprint density at radius 2 is 2.44 bits per heavy atom. The molecule has 1 saturated carbocycles. The molecule has 1 aliphatic carbocycles. The van der Waals surface area contributed by atoms with Crippen LogP contribution in [0.3, 0.4) is 0 Å². The van der Waals surface area contributed by atoms with Crippen LogP contribution in [0.5, 0.6) is 0 Å². The molecular formula is C12H12N2O2. The van der Waals surface area contributed by atoms with Crippen LogP contribution in [0.1, 0.15) is 6.92 Å². The number of nitriles is 1. The van der Waals surface area contributed by atoms with Gasteiger partial charge in [-0.15, -0.1) is 0 Å². The van der Waals surface area contributed by atoms with Gasteiger partial charge in [0, 0.05) is 11.8 Å². The van der Waals surface area contributed by atoms with Crippen molar-refractivity contribution in [3.8, 4) is 6.07 Å². The lowest BCUT2D eigenvalue weighted by Gasteiger charge is -2.53. The Hall–Kier alpha value is -1.76. The maximum atomic E-state index is 9.02. The van der Waals surface area contributed by atoms with E-state index in [1.54, 1.807) is 6.26 Å². The third-order valence-corrected chi connectivity index (χ3v) is 3.77. The summed E-state index contributed by atoms with van der Waals surface area (Å²) >= 11 is 0. The van der Waals surface area contributed by atoms with Crippen LogP contribution in [-0.2, 0) is 9.47 Å². The predicted molar refractivity (Wildman–Crippen MR) is 57.5 cm³/mol. The average Bonchev–Trinajstić information content (AvgIpc) is 2.73. The van der Waals surface area contributed by atoms with E-state index in [2.05, 4.69) is 24.1 Å². The largest absolute Gasteiger partial charge is 0.495 e. The minimum atomic E-state index is -0.278. The van der Waals surface area contributed by atoms with Crippen molar-refractivity contribution >= 4 is 5.90 Å². The third kappa shape index (κ3) is 0.909. The molecule has 0 saturated heterocycles. The van der Waals surface area contributed by atoms with Gasteiger partial charge in [0.05, 0.1) is 13.4 Å². The second kappa shape index (κ2) is 2.88. The molecule has 3 rings (SSSR count). The summed E-state index contributed by atoms with van der Waals surface area (Å²) in [7, 11) is 1.54. The predicted octanol–water partition coefficient (Wildman–Crippen LogP) is 1.41. The molecule has 0 radical (unpaired) electrons. The van der Waals surface area contributed by atoms with E-state index >= 15 is 0 Å². The van der Waals surface area contributed by atoms with Gasteiger partial charge in [-0.05, 0) is 13.0 Å². The van der Waals surface area contributed by atoms with Gasteiger partial charge in [0.25, 0.3) is 0 Å². The van der Waals surface area contributed by atoms with E-state index < -0.39 is 0 Å². The summed E-state index contributed by atoms with van der Waals surface area (Å²) in [5.74, 6) is 1.04. The van der Waals surface area contributed by atoms with Crippen LogP contribution in [0.2, 0.25) is 0 Å². The molecule has 16 heavy (non-hydrogen) atoms. The number of dihydropyridines is 1. The Morgan fingerprint density at radius 3 is 3.12 bits per heavy atom. The van der Waals surface area contributed by atoms with E-state index in [1.807, 2.05) is 6.08 Å². The van der Waals surface area contributed by atoms with Gasteiger partial charge >= 0.3 is 0 Å². The van der Waals surface area contributed by atoms with Crippen LogP contribution in [-0.4, -0.2) is 24.7 Å². The highest BCUT2D eigenvalue weighted by Gasteiger charge is 2.62. The Kier molecular flexibility index (Phi) is 1.70. The number of rotatable bonds is 0. The first kappa shape index (κ1) is 9.46. The number of hydrogen-bond donors (Lipinski definition) is 0. The van der Waals surface area contributed by atoms with Gasteiger partial charge in [0.2, 0.25) is 5.90 Å². The molecule has 2 heterocycles. The van der Waals surface area contributed by atoms with Crippen molar-refractivity contribution in [2.45, 2.75) is 18.6 Å². The summed E-state index contributed by atoms with van der Waals surface area (Å²) in [4.78, 5) is 4.53. The van der Waals surface area contributed by atoms with E-state index in [4.69, 9.17) is 14.7 Å². The molecule has 4 unspecified atom stereocenters. The molecule has 4 heteroatoms. The molecule has 4 nitrogen and oxygen atoms in total. The Morgan fingerprint density at radius 1 is 1.62 bits per heavy atom. The van der Waals surface area contributed by atoms with Crippen molar-refractivity contribution in [1.82, 2.24) is 0 Å². The number of nitrogens with zero attached hydrogens (tertiary/aromatic N) is 2. The molecule has 0 spiro atoms. The van der Waals surface area contributed by atoms with Gasteiger partial charge in [-0.2, -0.15) is 5.26 Å². The number of aliphatic imine (C=N–C) groups is 1. The van der Waals surface area contributed by atoms with E-state index in [1.165, 1.54) is 7.11 Å². The molecule has 0 N–H and O–H groups in total. The zero-order chi connectivity index (χ0) is 11.3. The molecule has 0 amide bonds. The number of ether oxygens (including phenoxy) is 2. The van der Waals surface area contributed by atoms with E-state index in [0.29, 0.717) is 17.4 Å². The molecular weight excluding hydrogens is 204 g/mol. The molecule has 0 aromatic carbocycles. The summed E-state index contributed by atoms with van der Waals surface area (Å²) in [5.41, 5.74) is 0.253. The van der Waals surface area contributed by atoms with Gasteiger partial charge in [-0.25, -0.2) is 4.99 Å². The fourth-order valence-electron chi connectivity index (χ4n) is 2.90. The minimum Gasteiger partial charge on any atom is -0.495 e. The highest BCUT2D eigenvalue weighted by atomic mass is 16.5. The normalized spacial score (nSPS) is 42.9. The van der Waals surface area contributed by atoms with Gasteiger partial charge in [0.15, 0.2) is 0 Å². The van der Waals surface area contributed by atoms with Crippen LogP contribution >= 0.6 is 0 Å². The van der Waals surface area contributed by atoms with Crippen molar-refractivity contribution in [3.05, 3.63) is 24.0 Å². The summed E-state index contributed by atoms with van der Waals surface area (Å²) in [6.07, 6.45) is 5.85. The van der Waals surface area contributed by atoms with Crippen molar-refractivity contribution in [3.63, 3.8) is 0 Å². The molecule has 0 bridgehead atoms. The summed E-state index contributed by atoms with van der Waals surface area (Å²) in [6.45, 7) is 2.05. The average molecular weight is 216 g/mol. The molecule has 1 fully saturated rings. The van der Waals surface area contributed by atoms with Crippen LogP contribution in [0.15, 0.2) is 29.0 Å². The first-order valence-electron chi connectivity index (χ1n) is 5.29. The van der Waals surface area contributed by atoms with Gasteiger partial charge in [0.1, 0.15) is 23.3 Å². The monoisotopic (exact) mass is 216 g/mol. The minimum absolute atomic E-state index is 0.0964. The maximum absolute atomic E-state index is 9.02.